The molecule has 1 atom stereocenters. The average molecular weight is 296 g/mol. The molecule has 1 aliphatic rings. The third-order valence-corrected chi connectivity index (χ3v) is 4.03. The number of carbonyl (C=O) groups excluding carboxylic acids is 1. The Bertz CT molecular complexity index is 497. The van der Waals surface area contributed by atoms with Gasteiger partial charge in [-0.25, -0.2) is 8.78 Å². The van der Waals surface area contributed by atoms with Crippen LogP contribution >= 0.6 is 0 Å². The zero-order valence-corrected chi connectivity index (χ0v) is 12.5. The molecule has 1 saturated heterocycles. The van der Waals surface area contributed by atoms with Crippen molar-refractivity contribution < 1.29 is 13.6 Å². The lowest BCUT2D eigenvalue weighted by Gasteiger charge is -2.38. The number of nitrogens with one attached hydrogen (secondary N) is 2. The molecule has 0 aliphatic carbocycles. The Morgan fingerprint density at radius 1 is 1.33 bits per heavy atom. The van der Waals surface area contributed by atoms with Crippen molar-refractivity contribution in [3.05, 3.63) is 35.4 Å². The first-order valence-corrected chi connectivity index (χ1v) is 7.34. The highest BCUT2D eigenvalue weighted by molar-refractivity contribution is 5.82. The van der Waals surface area contributed by atoms with E-state index < -0.39 is 11.6 Å². The van der Waals surface area contributed by atoms with Crippen LogP contribution in [0.4, 0.5) is 8.78 Å². The molecule has 116 valence electrons. The summed E-state index contributed by atoms with van der Waals surface area (Å²) < 4.78 is 26.1. The zero-order valence-electron chi connectivity index (χ0n) is 12.5. The molecule has 1 aromatic carbocycles. The SMILES string of the molecule is CC1(C)CCCNC1C(=O)NCCc1cc(F)cc(F)c1. The molecule has 0 radical (unpaired) electrons. The van der Waals surface area contributed by atoms with Crippen LogP contribution in [0.1, 0.15) is 32.3 Å². The maximum Gasteiger partial charge on any atom is 0.237 e. The molecular formula is C16H22F2N2O. The Labute approximate surface area is 124 Å². The Kier molecular flexibility index (Phi) is 4.93. The van der Waals surface area contributed by atoms with Gasteiger partial charge >= 0.3 is 0 Å². The third kappa shape index (κ3) is 4.24. The van der Waals surface area contributed by atoms with E-state index in [1.54, 1.807) is 0 Å². The smallest absolute Gasteiger partial charge is 0.237 e. The van der Waals surface area contributed by atoms with Crippen molar-refractivity contribution in [2.75, 3.05) is 13.1 Å². The molecule has 1 amide bonds. The summed E-state index contributed by atoms with van der Waals surface area (Å²) in [5.41, 5.74) is 0.469. The largest absolute Gasteiger partial charge is 0.354 e. The first kappa shape index (κ1) is 15.9. The highest BCUT2D eigenvalue weighted by Crippen LogP contribution is 2.30. The number of rotatable bonds is 4. The summed E-state index contributed by atoms with van der Waals surface area (Å²) in [6.45, 7) is 5.36. The lowest BCUT2D eigenvalue weighted by Crippen LogP contribution is -2.55. The van der Waals surface area contributed by atoms with Gasteiger partial charge in [0.1, 0.15) is 11.6 Å². The highest BCUT2D eigenvalue weighted by Gasteiger charge is 2.36. The summed E-state index contributed by atoms with van der Waals surface area (Å²) in [6, 6.07) is 3.21. The molecule has 1 fully saturated rings. The molecule has 0 spiro atoms. The van der Waals surface area contributed by atoms with Gasteiger partial charge in [-0.2, -0.15) is 0 Å². The van der Waals surface area contributed by atoms with Crippen LogP contribution in [0.15, 0.2) is 18.2 Å². The standard InChI is InChI=1S/C16H22F2N2O/c1-16(2)5-3-6-19-14(16)15(21)20-7-4-11-8-12(17)10-13(18)9-11/h8-10,14,19H,3-7H2,1-2H3,(H,20,21). The Hall–Kier alpha value is -1.49. The third-order valence-electron chi connectivity index (χ3n) is 4.03. The topological polar surface area (TPSA) is 41.1 Å². The van der Waals surface area contributed by atoms with Gasteiger partial charge in [0.2, 0.25) is 5.91 Å². The molecule has 0 bridgehead atoms. The number of benzene rings is 1. The zero-order chi connectivity index (χ0) is 15.5. The summed E-state index contributed by atoms with van der Waals surface area (Å²) in [5.74, 6) is -1.23. The van der Waals surface area contributed by atoms with Crippen molar-refractivity contribution in [3.63, 3.8) is 0 Å². The van der Waals surface area contributed by atoms with Crippen LogP contribution in [0.25, 0.3) is 0 Å². The maximum absolute atomic E-state index is 13.1. The summed E-state index contributed by atoms with van der Waals surface area (Å²) >= 11 is 0. The quantitative estimate of drug-likeness (QED) is 0.896. The summed E-state index contributed by atoms with van der Waals surface area (Å²) in [6.07, 6.45) is 2.49. The molecule has 1 aliphatic heterocycles. The van der Waals surface area contributed by atoms with Gasteiger partial charge in [-0.05, 0) is 48.9 Å². The molecule has 21 heavy (non-hydrogen) atoms. The Balaban J connectivity index is 1.86. The van der Waals surface area contributed by atoms with Crippen LogP contribution in [0.2, 0.25) is 0 Å². The maximum atomic E-state index is 13.1. The Morgan fingerprint density at radius 3 is 2.62 bits per heavy atom. The number of piperidine rings is 1. The minimum atomic E-state index is -0.591. The number of carbonyl (C=O) groups is 1. The molecule has 5 heteroatoms. The van der Waals surface area contributed by atoms with Gasteiger partial charge in [-0.3, -0.25) is 4.79 Å². The van der Waals surface area contributed by atoms with Gasteiger partial charge in [0.05, 0.1) is 6.04 Å². The van der Waals surface area contributed by atoms with Crippen LogP contribution in [0, 0.1) is 17.0 Å². The van der Waals surface area contributed by atoms with E-state index in [4.69, 9.17) is 0 Å². The van der Waals surface area contributed by atoms with Gasteiger partial charge in [0.15, 0.2) is 0 Å². The van der Waals surface area contributed by atoms with E-state index in [-0.39, 0.29) is 17.4 Å². The van der Waals surface area contributed by atoms with Crippen LogP contribution in [0.5, 0.6) is 0 Å². The molecule has 2 rings (SSSR count). The summed E-state index contributed by atoms with van der Waals surface area (Å²) in [4.78, 5) is 12.2. The molecule has 1 heterocycles. The minimum absolute atomic E-state index is 0.0448. The molecular weight excluding hydrogens is 274 g/mol. The minimum Gasteiger partial charge on any atom is -0.354 e. The van der Waals surface area contributed by atoms with E-state index in [9.17, 15) is 13.6 Å². The van der Waals surface area contributed by atoms with E-state index in [0.717, 1.165) is 25.5 Å². The van der Waals surface area contributed by atoms with Crippen LogP contribution in [0.3, 0.4) is 0 Å². The highest BCUT2D eigenvalue weighted by atomic mass is 19.1. The fraction of sp³-hybridized carbons (Fsp3) is 0.562. The van der Waals surface area contributed by atoms with E-state index >= 15 is 0 Å². The monoisotopic (exact) mass is 296 g/mol. The van der Waals surface area contributed by atoms with Gasteiger partial charge in [0, 0.05) is 12.6 Å². The van der Waals surface area contributed by atoms with Gasteiger partial charge in [-0.15, -0.1) is 0 Å². The normalized spacial score (nSPS) is 21.0. The first-order valence-electron chi connectivity index (χ1n) is 7.34. The second-order valence-corrected chi connectivity index (χ2v) is 6.30. The van der Waals surface area contributed by atoms with Gasteiger partial charge < -0.3 is 10.6 Å². The van der Waals surface area contributed by atoms with E-state index in [1.165, 1.54) is 12.1 Å². The van der Waals surface area contributed by atoms with Crippen molar-refractivity contribution in [2.24, 2.45) is 5.41 Å². The molecule has 1 unspecified atom stereocenters. The van der Waals surface area contributed by atoms with Crippen LogP contribution < -0.4 is 10.6 Å². The van der Waals surface area contributed by atoms with E-state index in [0.29, 0.717) is 18.5 Å². The lowest BCUT2D eigenvalue weighted by atomic mass is 9.77. The molecule has 3 nitrogen and oxygen atoms in total. The van der Waals surface area contributed by atoms with Crippen molar-refractivity contribution in [1.82, 2.24) is 10.6 Å². The molecule has 0 saturated carbocycles. The van der Waals surface area contributed by atoms with Gasteiger partial charge in [-0.1, -0.05) is 13.8 Å². The number of hydrogen-bond donors (Lipinski definition) is 2. The lowest BCUT2D eigenvalue weighted by molar-refractivity contribution is -0.126. The molecule has 1 aromatic rings. The van der Waals surface area contributed by atoms with Crippen LogP contribution in [-0.4, -0.2) is 25.0 Å². The molecule has 0 aromatic heterocycles. The van der Waals surface area contributed by atoms with E-state index in [1.807, 2.05) is 0 Å². The predicted molar refractivity (Wildman–Crippen MR) is 77.9 cm³/mol. The van der Waals surface area contributed by atoms with Gasteiger partial charge in [0.25, 0.3) is 0 Å². The number of hydrogen-bond acceptors (Lipinski definition) is 2. The number of halogens is 2. The van der Waals surface area contributed by atoms with Crippen molar-refractivity contribution in [2.45, 2.75) is 39.2 Å². The fourth-order valence-corrected chi connectivity index (χ4v) is 2.85. The average Bonchev–Trinajstić information content (AvgIpc) is 2.36. The van der Waals surface area contributed by atoms with E-state index in [2.05, 4.69) is 24.5 Å². The Morgan fingerprint density at radius 2 is 2.00 bits per heavy atom. The van der Waals surface area contributed by atoms with Crippen LogP contribution in [-0.2, 0) is 11.2 Å². The predicted octanol–water partition coefficient (Wildman–Crippen LogP) is 2.40. The van der Waals surface area contributed by atoms with Crippen molar-refractivity contribution in [3.8, 4) is 0 Å². The fourth-order valence-electron chi connectivity index (χ4n) is 2.85. The summed E-state index contributed by atoms with van der Waals surface area (Å²) in [5, 5.41) is 6.09. The first-order chi connectivity index (χ1) is 9.88. The second-order valence-electron chi connectivity index (χ2n) is 6.30. The molecule has 2 N–H and O–H groups in total. The van der Waals surface area contributed by atoms with Crippen molar-refractivity contribution >= 4 is 5.91 Å². The van der Waals surface area contributed by atoms with Crippen molar-refractivity contribution in [1.29, 1.82) is 0 Å². The number of amides is 1. The summed E-state index contributed by atoms with van der Waals surface area (Å²) in [7, 11) is 0. The second kappa shape index (κ2) is 6.52.